The van der Waals surface area contributed by atoms with Crippen molar-refractivity contribution < 1.29 is 19.5 Å². The Labute approximate surface area is 159 Å². The highest BCUT2D eigenvalue weighted by molar-refractivity contribution is 5.97. The van der Waals surface area contributed by atoms with Crippen LogP contribution < -0.4 is 5.32 Å². The lowest BCUT2D eigenvalue weighted by Gasteiger charge is -2.33. The topological polar surface area (TPSA) is 86.7 Å². The van der Waals surface area contributed by atoms with Crippen LogP contribution in [0, 0.1) is 11.8 Å². The molecule has 2 amide bonds. The van der Waals surface area contributed by atoms with Gasteiger partial charge in [-0.3, -0.25) is 14.4 Å². The van der Waals surface area contributed by atoms with Crippen LogP contribution in [0.25, 0.3) is 0 Å². The molecule has 3 rings (SSSR count). The molecule has 2 atom stereocenters. The van der Waals surface area contributed by atoms with Gasteiger partial charge in [0.2, 0.25) is 11.8 Å². The summed E-state index contributed by atoms with van der Waals surface area (Å²) in [4.78, 5) is 38.1. The third-order valence-corrected chi connectivity index (χ3v) is 5.98. The maximum Gasteiger partial charge on any atom is 0.310 e. The molecule has 6 heteroatoms. The van der Waals surface area contributed by atoms with Crippen LogP contribution in [0.3, 0.4) is 0 Å². The van der Waals surface area contributed by atoms with E-state index in [2.05, 4.69) is 12.2 Å². The summed E-state index contributed by atoms with van der Waals surface area (Å²) < 4.78 is 0. The van der Waals surface area contributed by atoms with Crippen molar-refractivity contribution in [3.05, 3.63) is 29.8 Å². The second-order valence-corrected chi connectivity index (χ2v) is 8.04. The first kappa shape index (κ1) is 19.4. The highest BCUT2D eigenvalue weighted by atomic mass is 16.4. The van der Waals surface area contributed by atoms with E-state index < -0.39 is 11.9 Å². The first-order valence-corrected chi connectivity index (χ1v) is 9.78. The van der Waals surface area contributed by atoms with E-state index in [0.717, 1.165) is 31.6 Å². The fraction of sp³-hybridized carbons (Fsp3) is 0.571. The fourth-order valence-electron chi connectivity index (χ4n) is 4.09. The summed E-state index contributed by atoms with van der Waals surface area (Å²) in [5.41, 5.74) is 1.21. The number of anilines is 1. The van der Waals surface area contributed by atoms with Gasteiger partial charge in [-0.25, -0.2) is 0 Å². The number of carboxylic acids is 1. The lowest BCUT2D eigenvalue weighted by molar-refractivity contribution is -0.138. The van der Waals surface area contributed by atoms with Gasteiger partial charge in [0, 0.05) is 24.7 Å². The molecule has 1 aromatic rings. The SMILES string of the molecule is CC1CCC(N2CC(C(=O)Nc3cccc(C(C)C(=O)O)c3)CC2=O)CC1. The molecule has 1 aromatic carbocycles. The molecule has 1 aliphatic carbocycles. The molecule has 6 nitrogen and oxygen atoms in total. The summed E-state index contributed by atoms with van der Waals surface area (Å²) in [5.74, 6) is -1.27. The Kier molecular flexibility index (Phi) is 5.82. The molecule has 2 unspecified atom stereocenters. The second-order valence-electron chi connectivity index (χ2n) is 8.04. The molecule has 2 fully saturated rings. The average molecular weight is 372 g/mol. The minimum atomic E-state index is -0.905. The van der Waals surface area contributed by atoms with Gasteiger partial charge in [-0.2, -0.15) is 0 Å². The number of nitrogens with one attached hydrogen (secondary N) is 1. The van der Waals surface area contributed by atoms with Crippen LogP contribution in [0.5, 0.6) is 0 Å². The zero-order valence-corrected chi connectivity index (χ0v) is 16.0. The van der Waals surface area contributed by atoms with Gasteiger partial charge in [0.1, 0.15) is 0 Å². The average Bonchev–Trinajstić information content (AvgIpc) is 3.04. The van der Waals surface area contributed by atoms with Crippen molar-refractivity contribution in [2.75, 3.05) is 11.9 Å². The number of hydrogen-bond donors (Lipinski definition) is 2. The highest BCUT2D eigenvalue weighted by Gasteiger charge is 2.38. The van der Waals surface area contributed by atoms with Gasteiger partial charge >= 0.3 is 5.97 Å². The van der Waals surface area contributed by atoms with Gasteiger partial charge in [0.05, 0.1) is 11.8 Å². The van der Waals surface area contributed by atoms with Crippen LogP contribution in [0.1, 0.15) is 57.4 Å². The second kappa shape index (κ2) is 8.11. The fourth-order valence-corrected chi connectivity index (χ4v) is 4.09. The van der Waals surface area contributed by atoms with E-state index in [-0.39, 0.29) is 30.2 Å². The predicted octanol–water partition coefficient (Wildman–Crippen LogP) is 3.24. The van der Waals surface area contributed by atoms with Gasteiger partial charge in [-0.15, -0.1) is 0 Å². The minimum Gasteiger partial charge on any atom is -0.481 e. The number of benzene rings is 1. The molecule has 0 spiro atoms. The zero-order valence-electron chi connectivity index (χ0n) is 16.0. The summed E-state index contributed by atoms with van der Waals surface area (Å²) in [6, 6.07) is 7.17. The van der Waals surface area contributed by atoms with E-state index in [9.17, 15) is 14.4 Å². The maximum absolute atomic E-state index is 12.6. The number of amides is 2. The largest absolute Gasteiger partial charge is 0.481 e. The van der Waals surface area contributed by atoms with Crippen LogP contribution in [-0.2, 0) is 14.4 Å². The van der Waals surface area contributed by atoms with Crippen molar-refractivity contribution in [2.45, 2.75) is 57.9 Å². The molecular weight excluding hydrogens is 344 g/mol. The standard InChI is InChI=1S/C21H28N2O4/c1-13-6-8-18(9-7-13)23-12-16(11-19(23)24)20(25)22-17-5-3-4-15(10-17)14(2)21(26)27/h3-5,10,13-14,16,18H,6-9,11-12H2,1-2H3,(H,22,25)(H,26,27). The smallest absolute Gasteiger partial charge is 0.310 e. The molecule has 27 heavy (non-hydrogen) atoms. The summed E-state index contributed by atoms with van der Waals surface area (Å²) in [5, 5.41) is 12.0. The Morgan fingerprint density at radius 3 is 2.59 bits per heavy atom. The van der Waals surface area contributed by atoms with E-state index in [1.807, 2.05) is 4.90 Å². The summed E-state index contributed by atoms with van der Waals surface area (Å²) in [6.07, 6.45) is 4.58. The summed E-state index contributed by atoms with van der Waals surface area (Å²) >= 11 is 0. The van der Waals surface area contributed by atoms with Crippen LogP contribution in [0.2, 0.25) is 0 Å². The number of hydrogen-bond acceptors (Lipinski definition) is 3. The number of rotatable bonds is 5. The van der Waals surface area contributed by atoms with Crippen LogP contribution >= 0.6 is 0 Å². The molecule has 1 saturated carbocycles. The molecule has 1 saturated heterocycles. The third-order valence-electron chi connectivity index (χ3n) is 5.98. The van der Waals surface area contributed by atoms with E-state index in [4.69, 9.17) is 5.11 Å². The van der Waals surface area contributed by atoms with Crippen LogP contribution in [0.4, 0.5) is 5.69 Å². The number of carboxylic acid groups (broad SMARTS) is 1. The quantitative estimate of drug-likeness (QED) is 0.831. The summed E-state index contributed by atoms with van der Waals surface area (Å²) in [7, 11) is 0. The van der Waals surface area contributed by atoms with Crippen molar-refractivity contribution in [2.24, 2.45) is 11.8 Å². The first-order valence-electron chi connectivity index (χ1n) is 9.78. The zero-order chi connectivity index (χ0) is 19.6. The van der Waals surface area contributed by atoms with Crippen molar-refractivity contribution in [3.8, 4) is 0 Å². The van der Waals surface area contributed by atoms with Crippen LogP contribution in [-0.4, -0.2) is 40.4 Å². The lowest BCUT2D eigenvalue weighted by Crippen LogP contribution is -2.39. The number of carbonyl (C=O) groups is 3. The molecule has 1 aliphatic heterocycles. The highest BCUT2D eigenvalue weighted by Crippen LogP contribution is 2.31. The Morgan fingerprint density at radius 2 is 1.93 bits per heavy atom. The lowest BCUT2D eigenvalue weighted by atomic mass is 9.87. The van der Waals surface area contributed by atoms with E-state index in [1.54, 1.807) is 31.2 Å². The van der Waals surface area contributed by atoms with Gasteiger partial charge in [-0.1, -0.05) is 19.1 Å². The molecule has 2 aliphatic rings. The number of carbonyl (C=O) groups excluding carboxylic acids is 2. The van der Waals surface area contributed by atoms with Crippen molar-refractivity contribution in [3.63, 3.8) is 0 Å². The summed E-state index contributed by atoms with van der Waals surface area (Å²) in [6.45, 7) is 4.34. The van der Waals surface area contributed by atoms with Gasteiger partial charge in [0.15, 0.2) is 0 Å². The van der Waals surface area contributed by atoms with Gasteiger partial charge < -0.3 is 15.3 Å². The van der Waals surface area contributed by atoms with Crippen molar-refractivity contribution in [1.29, 1.82) is 0 Å². The van der Waals surface area contributed by atoms with E-state index in [0.29, 0.717) is 17.8 Å². The molecule has 2 N–H and O–H groups in total. The monoisotopic (exact) mass is 372 g/mol. The van der Waals surface area contributed by atoms with Gasteiger partial charge in [0.25, 0.3) is 0 Å². The Morgan fingerprint density at radius 1 is 1.22 bits per heavy atom. The molecular formula is C21H28N2O4. The van der Waals surface area contributed by atoms with Crippen LogP contribution in [0.15, 0.2) is 24.3 Å². The van der Waals surface area contributed by atoms with E-state index >= 15 is 0 Å². The number of nitrogens with zero attached hydrogens (tertiary/aromatic N) is 1. The van der Waals surface area contributed by atoms with E-state index in [1.165, 1.54) is 0 Å². The molecule has 146 valence electrons. The van der Waals surface area contributed by atoms with Crippen molar-refractivity contribution in [1.82, 2.24) is 4.90 Å². The predicted molar refractivity (Wildman–Crippen MR) is 102 cm³/mol. The molecule has 0 radical (unpaired) electrons. The number of aliphatic carboxylic acids is 1. The minimum absolute atomic E-state index is 0.0722. The molecule has 0 aromatic heterocycles. The molecule has 1 heterocycles. The Bertz CT molecular complexity index is 725. The Hall–Kier alpha value is -2.37. The number of likely N-dealkylation sites (tertiary alicyclic amines) is 1. The Balaban J connectivity index is 1.61. The normalized spacial score (nSPS) is 26.7. The first-order chi connectivity index (χ1) is 12.8. The van der Waals surface area contributed by atoms with Gasteiger partial charge in [-0.05, 0) is 56.2 Å². The molecule has 0 bridgehead atoms. The van der Waals surface area contributed by atoms with Crippen molar-refractivity contribution >= 4 is 23.5 Å². The third kappa shape index (κ3) is 4.49. The maximum atomic E-state index is 12.6.